The highest BCUT2D eigenvalue weighted by molar-refractivity contribution is 9.10. The van der Waals surface area contributed by atoms with Gasteiger partial charge in [0.15, 0.2) is 0 Å². The second kappa shape index (κ2) is 5.72. The first-order valence-corrected chi connectivity index (χ1v) is 5.72. The molecule has 0 aliphatic carbocycles. The van der Waals surface area contributed by atoms with Gasteiger partial charge in [-0.05, 0) is 40.2 Å². The van der Waals surface area contributed by atoms with Crippen LogP contribution in [0.3, 0.4) is 0 Å². The van der Waals surface area contributed by atoms with Crippen molar-refractivity contribution in [3.05, 3.63) is 41.3 Å². The van der Waals surface area contributed by atoms with Gasteiger partial charge < -0.3 is 10.1 Å². The number of nitrogens with one attached hydrogen (secondary N) is 1. The van der Waals surface area contributed by atoms with Gasteiger partial charge in [0.2, 0.25) is 0 Å². The third kappa shape index (κ3) is 3.63. The van der Waals surface area contributed by atoms with E-state index >= 15 is 0 Å². The molecule has 0 unspecified atom stereocenters. The molecule has 0 bridgehead atoms. The second-order valence-electron chi connectivity index (χ2n) is 3.25. The van der Waals surface area contributed by atoms with Crippen molar-refractivity contribution in [1.29, 1.82) is 0 Å². The Labute approximate surface area is 110 Å². The molecule has 0 saturated carbocycles. The van der Waals surface area contributed by atoms with Crippen LogP contribution in [-0.4, -0.2) is 16.6 Å². The first kappa shape index (κ1) is 12.7. The summed E-state index contributed by atoms with van der Waals surface area (Å²) < 4.78 is 28.8. The van der Waals surface area contributed by atoms with Gasteiger partial charge in [-0.1, -0.05) is 0 Å². The molecule has 18 heavy (non-hydrogen) atoms. The standard InChI is InChI=1S/C11H8BrF2N3O/c12-9-5-10(16-6-15-9)17-7-1-3-8(4-2-7)18-11(13)14/h1-6,11H,(H,15,16,17). The Morgan fingerprint density at radius 3 is 2.50 bits per heavy atom. The molecule has 1 N–H and O–H groups in total. The molecule has 4 nitrogen and oxygen atoms in total. The Balaban J connectivity index is 2.06. The molecule has 0 radical (unpaired) electrons. The van der Waals surface area contributed by atoms with Gasteiger partial charge in [0.05, 0.1) is 0 Å². The molecule has 0 aliphatic heterocycles. The van der Waals surface area contributed by atoms with Crippen molar-refractivity contribution in [2.75, 3.05) is 5.32 Å². The largest absolute Gasteiger partial charge is 0.435 e. The van der Waals surface area contributed by atoms with Gasteiger partial charge in [0, 0.05) is 11.8 Å². The zero-order valence-electron chi connectivity index (χ0n) is 8.98. The van der Waals surface area contributed by atoms with Crippen molar-refractivity contribution >= 4 is 27.4 Å². The third-order valence-corrected chi connectivity index (χ3v) is 2.42. The lowest BCUT2D eigenvalue weighted by atomic mass is 10.3. The first-order valence-electron chi connectivity index (χ1n) is 4.93. The van der Waals surface area contributed by atoms with Crippen LogP contribution in [0.15, 0.2) is 41.3 Å². The Kier molecular flexibility index (Phi) is 4.03. The molecule has 0 atom stereocenters. The van der Waals surface area contributed by atoms with Gasteiger partial charge in [-0.15, -0.1) is 0 Å². The molecule has 2 aromatic rings. The van der Waals surface area contributed by atoms with Crippen molar-refractivity contribution in [2.45, 2.75) is 6.61 Å². The minimum absolute atomic E-state index is 0.111. The second-order valence-corrected chi connectivity index (χ2v) is 4.07. The fraction of sp³-hybridized carbons (Fsp3) is 0.0909. The van der Waals surface area contributed by atoms with Crippen LogP contribution in [0.1, 0.15) is 0 Å². The van der Waals surface area contributed by atoms with E-state index in [4.69, 9.17) is 0 Å². The van der Waals surface area contributed by atoms with Crippen LogP contribution >= 0.6 is 15.9 Å². The van der Waals surface area contributed by atoms with E-state index in [1.54, 1.807) is 18.2 Å². The lowest BCUT2D eigenvalue weighted by Crippen LogP contribution is -2.01. The number of hydrogen-bond acceptors (Lipinski definition) is 4. The minimum atomic E-state index is -2.82. The van der Waals surface area contributed by atoms with Crippen molar-refractivity contribution in [2.24, 2.45) is 0 Å². The molecule has 0 aliphatic rings. The number of anilines is 2. The van der Waals surface area contributed by atoms with E-state index in [9.17, 15) is 8.78 Å². The van der Waals surface area contributed by atoms with E-state index in [0.717, 1.165) is 0 Å². The number of alkyl halides is 2. The van der Waals surface area contributed by atoms with Crippen LogP contribution in [0.25, 0.3) is 0 Å². The molecule has 0 spiro atoms. The summed E-state index contributed by atoms with van der Waals surface area (Å²) >= 11 is 3.22. The van der Waals surface area contributed by atoms with Crippen molar-refractivity contribution in [3.8, 4) is 5.75 Å². The SMILES string of the molecule is FC(F)Oc1ccc(Nc2cc(Br)ncn2)cc1. The summed E-state index contributed by atoms with van der Waals surface area (Å²) in [6.07, 6.45) is 1.40. The number of benzene rings is 1. The maximum atomic E-state index is 12.0. The van der Waals surface area contributed by atoms with Gasteiger partial charge in [-0.25, -0.2) is 9.97 Å². The van der Waals surface area contributed by atoms with Gasteiger partial charge in [0.1, 0.15) is 22.5 Å². The smallest absolute Gasteiger partial charge is 0.387 e. The summed E-state index contributed by atoms with van der Waals surface area (Å²) in [5, 5.41) is 3.00. The summed E-state index contributed by atoms with van der Waals surface area (Å²) in [6, 6.07) is 7.83. The highest BCUT2D eigenvalue weighted by Gasteiger charge is 2.04. The Bertz CT molecular complexity index is 522. The Morgan fingerprint density at radius 1 is 1.17 bits per heavy atom. The summed E-state index contributed by atoms with van der Waals surface area (Å²) in [4.78, 5) is 7.89. The molecular weight excluding hydrogens is 308 g/mol. The summed E-state index contributed by atoms with van der Waals surface area (Å²) in [6.45, 7) is -2.82. The number of nitrogens with zero attached hydrogens (tertiary/aromatic N) is 2. The van der Waals surface area contributed by atoms with E-state index in [-0.39, 0.29) is 5.75 Å². The van der Waals surface area contributed by atoms with Gasteiger partial charge in [-0.3, -0.25) is 0 Å². The van der Waals surface area contributed by atoms with Crippen molar-refractivity contribution in [1.82, 2.24) is 9.97 Å². The van der Waals surface area contributed by atoms with Crippen molar-refractivity contribution in [3.63, 3.8) is 0 Å². The van der Waals surface area contributed by atoms with Crippen LogP contribution < -0.4 is 10.1 Å². The Hall–Kier alpha value is -1.76. The molecule has 94 valence electrons. The first-order chi connectivity index (χ1) is 8.63. The van der Waals surface area contributed by atoms with Crippen LogP contribution in [0.2, 0.25) is 0 Å². The van der Waals surface area contributed by atoms with Crippen molar-refractivity contribution < 1.29 is 13.5 Å². The zero-order chi connectivity index (χ0) is 13.0. The van der Waals surface area contributed by atoms with E-state index in [1.165, 1.54) is 18.5 Å². The summed E-state index contributed by atoms with van der Waals surface area (Å²) in [7, 11) is 0. The van der Waals surface area contributed by atoms with Crippen LogP contribution in [0.4, 0.5) is 20.3 Å². The summed E-state index contributed by atoms with van der Waals surface area (Å²) in [5.41, 5.74) is 0.710. The molecule has 0 fully saturated rings. The van der Waals surface area contributed by atoms with Gasteiger partial charge in [0.25, 0.3) is 0 Å². The highest BCUT2D eigenvalue weighted by atomic mass is 79.9. The van der Waals surface area contributed by atoms with Crippen LogP contribution in [0.5, 0.6) is 5.75 Å². The normalized spacial score (nSPS) is 10.4. The average Bonchev–Trinajstić information content (AvgIpc) is 2.31. The molecule has 1 aromatic heterocycles. The van der Waals surface area contributed by atoms with Crippen LogP contribution in [-0.2, 0) is 0 Å². The van der Waals surface area contributed by atoms with Gasteiger partial charge >= 0.3 is 6.61 Å². The molecular formula is C11H8BrF2N3O. The van der Waals surface area contributed by atoms with E-state index in [1.807, 2.05) is 0 Å². The topological polar surface area (TPSA) is 47.0 Å². The van der Waals surface area contributed by atoms with E-state index < -0.39 is 6.61 Å². The molecule has 1 heterocycles. The highest BCUT2D eigenvalue weighted by Crippen LogP contribution is 2.20. The third-order valence-electron chi connectivity index (χ3n) is 1.99. The fourth-order valence-electron chi connectivity index (χ4n) is 1.27. The minimum Gasteiger partial charge on any atom is -0.435 e. The molecule has 0 saturated heterocycles. The molecule has 1 aromatic carbocycles. The monoisotopic (exact) mass is 315 g/mol. The predicted molar refractivity (Wildman–Crippen MR) is 66.1 cm³/mol. The molecule has 7 heteroatoms. The predicted octanol–water partition coefficient (Wildman–Crippen LogP) is 3.58. The lowest BCUT2D eigenvalue weighted by molar-refractivity contribution is -0.0498. The number of ether oxygens (including phenoxy) is 1. The van der Waals surface area contributed by atoms with Crippen LogP contribution in [0, 0.1) is 0 Å². The molecule has 0 amide bonds. The van der Waals surface area contributed by atoms with E-state index in [0.29, 0.717) is 16.1 Å². The zero-order valence-corrected chi connectivity index (χ0v) is 10.6. The summed E-state index contributed by atoms with van der Waals surface area (Å²) in [5.74, 6) is 0.707. The number of halogens is 3. The number of hydrogen-bond donors (Lipinski definition) is 1. The maximum Gasteiger partial charge on any atom is 0.387 e. The lowest BCUT2D eigenvalue weighted by Gasteiger charge is -2.07. The maximum absolute atomic E-state index is 12.0. The van der Waals surface area contributed by atoms with E-state index in [2.05, 4.69) is 36.0 Å². The number of aromatic nitrogens is 2. The quantitative estimate of drug-likeness (QED) is 0.876. The number of rotatable bonds is 4. The van der Waals surface area contributed by atoms with Gasteiger partial charge in [-0.2, -0.15) is 8.78 Å². The average molecular weight is 316 g/mol. The molecule has 2 rings (SSSR count). The fourth-order valence-corrected chi connectivity index (χ4v) is 1.58. The Morgan fingerprint density at radius 2 is 1.89 bits per heavy atom.